The average Bonchev–Trinajstić information content (AvgIpc) is 3.14. The fraction of sp³-hybridized carbons (Fsp3) is 0.222. The number of benzene rings is 2. The first-order chi connectivity index (χ1) is 13.1. The number of hydrogen-bond donors (Lipinski definition) is 1. The second-order valence-corrected chi connectivity index (χ2v) is 6.82. The molecule has 0 saturated carbocycles. The highest BCUT2D eigenvalue weighted by atomic mass is 35.5. The van der Waals surface area contributed by atoms with E-state index in [1.165, 1.54) is 0 Å². The van der Waals surface area contributed by atoms with E-state index in [1.54, 1.807) is 29.5 Å². The molecule has 0 unspecified atom stereocenters. The van der Waals surface area contributed by atoms with Gasteiger partial charge in [0.1, 0.15) is 19.3 Å². The van der Waals surface area contributed by atoms with Crippen molar-refractivity contribution in [3.8, 4) is 11.5 Å². The quantitative estimate of drug-likeness (QED) is 0.550. The molecule has 2 aromatic carbocycles. The van der Waals surface area contributed by atoms with Crippen molar-refractivity contribution >= 4 is 34.8 Å². The number of halogens is 3. The lowest BCUT2D eigenvalue weighted by molar-refractivity contribution is 0.269. The summed E-state index contributed by atoms with van der Waals surface area (Å²) in [5.41, 5.74) is 4.86. The molecule has 1 aromatic heterocycles. The van der Waals surface area contributed by atoms with E-state index in [0.717, 1.165) is 11.1 Å². The van der Waals surface area contributed by atoms with Gasteiger partial charge < -0.3 is 14.9 Å². The zero-order valence-electron chi connectivity index (χ0n) is 14.5. The smallest absolute Gasteiger partial charge is 0.180 e. The lowest BCUT2D eigenvalue weighted by Gasteiger charge is -2.16. The monoisotopic (exact) mass is 426 g/mol. The first kappa shape index (κ1) is 19.6. The van der Waals surface area contributed by atoms with Crippen LogP contribution < -0.4 is 14.9 Å². The number of nitrogens with one attached hydrogen (secondary N) is 1. The summed E-state index contributed by atoms with van der Waals surface area (Å²) in [7, 11) is 0. The minimum atomic E-state index is 0.244. The van der Waals surface area contributed by atoms with E-state index >= 15 is 0 Å². The summed E-state index contributed by atoms with van der Waals surface area (Å²) in [6, 6.07) is 8.95. The van der Waals surface area contributed by atoms with Gasteiger partial charge in [-0.2, -0.15) is 0 Å². The Hall–Kier alpha value is -2.15. The van der Waals surface area contributed by atoms with Gasteiger partial charge in [-0.25, -0.2) is 4.68 Å². The molecule has 6 nitrogen and oxygen atoms in total. The summed E-state index contributed by atoms with van der Waals surface area (Å²) in [4.78, 5) is 0. The van der Waals surface area contributed by atoms with Crippen LogP contribution in [-0.4, -0.2) is 21.5 Å². The van der Waals surface area contributed by atoms with Gasteiger partial charge in [-0.3, -0.25) is 0 Å². The maximum Gasteiger partial charge on any atom is 0.180 e. The number of ether oxygens (including phenoxy) is 2. The van der Waals surface area contributed by atoms with Gasteiger partial charge in [0.05, 0.1) is 18.2 Å². The van der Waals surface area contributed by atoms with Crippen molar-refractivity contribution in [3.63, 3.8) is 0 Å². The van der Waals surface area contributed by atoms with Crippen molar-refractivity contribution in [2.24, 2.45) is 0 Å². The molecule has 0 saturated heterocycles. The van der Waals surface area contributed by atoms with Crippen LogP contribution in [0.4, 0.5) is 0 Å². The standard InChI is InChI=1S/C18H17Cl3N4O2/c1-2-26-17-6-12(8-24-25-10-22-23-11-25)5-16(21)18(17)27-9-13-3-4-14(19)7-15(13)20/h3-7,10-11,24H,2,8-9H2,1H3. The summed E-state index contributed by atoms with van der Waals surface area (Å²) >= 11 is 18.6. The average molecular weight is 428 g/mol. The molecule has 0 aliphatic heterocycles. The molecule has 0 amide bonds. The molecule has 0 spiro atoms. The second-order valence-electron chi connectivity index (χ2n) is 5.57. The zero-order chi connectivity index (χ0) is 19.2. The Kier molecular flexibility index (Phi) is 6.66. The molecular weight excluding hydrogens is 411 g/mol. The van der Waals surface area contributed by atoms with Gasteiger partial charge in [0.25, 0.3) is 0 Å². The number of hydrogen-bond acceptors (Lipinski definition) is 5. The molecule has 27 heavy (non-hydrogen) atoms. The van der Waals surface area contributed by atoms with Crippen molar-refractivity contribution in [1.29, 1.82) is 0 Å². The van der Waals surface area contributed by atoms with E-state index < -0.39 is 0 Å². The van der Waals surface area contributed by atoms with Crippen LogP contribution in [0.5, 0.6) is 11.5 Å². The van der Waals surface area contributed by atoms with Crippen molar-refractivity contribution in [3.05, 3.63) is 69.2 Å². The molecule has 3 rings (SSSR count). The summed E-state index contributed by atoms with van der Waals surface area (Å²) in [6.45, 7) is 3.14. The van der Waals surface area contributed by atoms with Crippen molar-refractivity contribution < 1.29 is 9.47 Å². The van der Waals surface area contributed by atoms with Crippen LogP contribution in [0.15, 0.2) is 43.0 Å². The fourth-order valence-corrected chi connectivity index (χ4v) is 3.13. The van der Waals surface area contributed by atoms with Crippen LogP contribution in [0.2, 0.25) is 15.1 Å². The minimum absolute atomic E-state index is 0.244. The number of nitrogens with zero attached hydrogens (tertiary/aromatic N) is 3. The minimum Gasteiger partial charge on any atom is -0.490 e. The lowest BCUT2D eigenvalue weighted by Crippen LogP contribution is -2.12. The Bertz CT molecular complexity index is 904. The van der Waals surface area contributed by atoms with Crippen LogP contribution >= 0.6 is 34.8 Å². The molecule has 1 heterocycles. The highest BCUT2D eigenvalue weighted by molar-refractivity contribution is 6.35. The number of rotatable bonds is 8. The van der Waals surface area contributed by atoms with E-state index in [4.69, 9.17) is 44.3 Å². The maximum atomic E-state index is 6.44. The van der Waals surface area contributed by atoms with Crippen LogP contribution in [0, 0.1) is 0 Å². The molecule has 0 atom stereocenters. The second kappa shape index (κ2) is 9.17. The van der Waals surface area contributed by atoms with Crippen LogP contribution in [0.25, 0.3) is 0 Å². The largest absolute Gasteiger partial charge is 0.490 e. The van der Waals surface area contributed by atoms with Gasteiger partial charge in [-0.1, -0.05) is 40.9 Å². The van der Waals surface area contributed by atoms with Gasteiger partial charge in [0.15, 0.2) is 11.5 Å². The van der Waals surface area contributed by atoms with E-state index in [9.17, 15) is 0 Å². The third kappa shape index (κ3) is 5.19. The van der Waals surface area contributed by atoms with Gasteiger partial charge >= 0.3 is 0 Å². The first-order valence-corrected chi connectivity index (χ1v) is 9.30. The van der Waals surface area contributed by atoms with Crippen LogP contribution in [-0.2, 0) is 13.2 Å². The molecule has 0 aliphatic rings. The molecule has 1 N–H and O–H groups in total. The number of aromatic nitrogens is 3. The van der Waals surface area contributed by atoms with Crippen LogP contribution in [0.1, 0.15) is 18.1 Å². The molecule has 0 radical (unpaired) electrons. The van der Waals surface area contributed by atoms with Gasteiger partial charge in [0.2, 0.25) is 0 Å². The molecule has 9 heteroatoms. The Labute approximate surface area is 171 Å². The molecular formula is C18H17Cl3N4O2. The van der Waals surface area contributed by atoms with Gasteiger partial charge in [-0.05, 0) is 36.8 Å². The Morgan fingerprint density at radius 3 is 2.48 bits per heavy atom. The van der Waals surface area contributed by atoms with E-state index in [2.05, 4.69) is 15.6 Å². The van der Waals surface area contributed by atoms with Crippen molar-refractivity contribution in [2.45, 2.75) is 20.1 Å². The lowest BCUT2D eigenvalue weighted by atomic mass is 10.2. The van der Waals surface area contributed by atoms with Gasteiger partial charge in [-0.15, -0.1) is 10.2 Å². The normalized spacial score (nSPS) is 10.7. The van der Waals surface area contributed by atoms with Crippen molar-refractivity contribution in [1.82, 2.24) is 14.9 Å². The van der Waals surface area contributed by atoms with E-state index in [1.807, 2.05) is 25.1 Å². The first-order valence-electron chi connectivity index (χ1n) is 8.17. The van der Waals surface area contributed by atoms with E-state index in [-0.39, 0.29) is 6.61 Å². The zero-order valence-corrected chi connectivity index (χ0v) is 16.7. The third-order valence-corrected chi connectivity index (χ3v) is 4.51. The van der Waals surface area contributed by atoms with Crippen LogP contribution in [0.3, 0.4) is 0 Å². The molecule has 142 valence electrons. The topological polar surface area (TPSA) is 61.2 Å². The predicted molar refractivity (Wildman–Crippen MR) is 107 cm³/mol. The fourth-order valence-electron chi connectivity index (χ4n) is 2.38. The highest BCUT2D eigenvalue weighted by Gasteiger charge is 2.14. The van der Waals surface area contributed by atoms with Crippen molar-refractivity contribution in [2.75, 3.05) is 12.0 Å². The summed E-state index contributed by atoms with van der Waals surface area (Å²) in [5, 5.41) is 9.03. The van der Waals surface area contributed by atoms with Gasteiger partial charge in [0, 0.05) is 15.6 Å². The summed E-state index contributed by atoms with van der Waals surface area (Å²) in [6.07, 6.45) is 3.14. The Balaban J connectivity index is 1.76. The molecule has 0 bridgehead atoms. The SMILES string of the molecule is CCOc1cc(CNn2cnnc2)cc(Cl)c1OCc1ccc(Cl)cc1Cl. The summed E-state index contributed by atoms with van der Waals surface area (Å²) in [5.74, 6) is 1.04. The Morgan fingerprint density at radius 2 is 1.78 bits per heavy atom. The highest BCUT2D eigenvalue weighted by Crippen LogP contribution is 2.37. The summed E-state index contributed by atoms with van der Waals surface area (Å²) < 4.78 is 13.3. The maximum absolute atomic E-state index is 6.44. The third-order valence-electron chi connectivity index (χ3n) is 3.64. The Morgan fingerprint density at radius 1 is 1.00 bits per heavy atom. The van der Waals surface area contributed by atoms with E-state index in [0.29, 0.717) is 39.7 Å². The molecule has 0 fully saturated rings. The molecule has 0 aliphatic carbocycles. The molecule has 3 aromatic rings. The predicted octanol–water partition coefficient (Wildman–Crippen LogP) is 4.96.